The predicted octanol–water partition coefficient (Wildman–Crippen LogP) is 12.5. The summed E-state index contributed by atoms with van der Waals surface area (Å²) in [5, 5.41) is 0. The molecule has 2 unspecified atom stereocenters. The van der Waals surface area contributed by atoms with Crippen molar-refractivity contribution in [2.75, 3.05) is 33.0 Å². The first-order valence-corrected chi connectivity index (χ1v) is 22.8. The number of phosphoric ester groups is 1. The van der Waals surface area contributed by atoms with Gasteiger partial charge in [0, 0.05) is 19.6 Å². The van der Waals surface area contributed by atoms with Gasteiger partial charge in [-0.2, -0.15) is 0 Å². The molecule has 0 spiro atoms. The van der Waals surface area contributed by atoms with Crippen LogP contribution in [0.25, 0.3) is 0 Å². The molecule has 0 aromatic heterocycles. The van der Waals surface area contributed by atoms with Crippen molar-refractivity contribution in [3.63, 3.8) is 0 Å². The molecule has 3 N–H and O–H groups in total. The molecule has 51 heavy (non-hydrogen) atoms. The van der Waals surface area contributed by atoms with Crippen LogP contribution in [-0.2, 0) is 27.9 Å². The number of carbonyl (C=O) groups is 1. The van der Waals surface area contributed by atoms with Crippen molar-refractivity contribution in [2.45, 2.75) is 206 Å². The van der Waals surface area contributed by atoms with Gasteiger partial charge in [-0.25, -0.2) is 4.57 Å². The van der Waals surface area contributed by atoms with Crippen molar-refractivity contribution in [1.82, 2.24) is 0 Å². The van der Waals surface area contributed by atoms with Crippen LogP contribution in [0.2, 0.25) is 0 Å². The standard InChI is InChI=1S/C42H82NO7P/c1-3-5-7-9-11-13-15-17-19-20-21-22-23-25-27-29-31-33-35-42(44)50-41(40-49-51(45,46)48-38-36-43)39-47-37-34-32-30-28-26-24-18-16-14-12-10-8-6-4-2/h14,16,19-20,41H,3-13,15,17-18,21-40,43H2,1-2H3,(H,45,46)/b16-14-,20-19-. The molecule has 0 saturated carbocycles. The molecule has 0 aromatic rings. The van der Waals surface area contributed by atoms with E-state index in [0.29, 0.717) is 13.0 Å². The Morgan fingerprint density at radius 3 is 1.45 bits per heavy atom. The van der Waals surface area contributed by atoms with Crippen LogP contribution in [-0.4, -0.2) is 49.9 Å². The molecule has 0 aromatic carbocycles. The minimum absolute atomic E-state index is 0.0963. The Labute approximate surface area is 315 Å². The molecular formula is C42H82NO7P. The smallest absolute Gasteiger partial charge is 0.457 e. The van der Waals surface area contributed by atoms with Gasteiger partial charge in [0.1, 0.15) is 6.10 Å². The van der Waals surface area contributed by atoms with Gasteiger partial charge in [-0.1, -0.05) is 154 Å². The summed E-state index contributed by atoms with van der Waals surface area (Å²) >= 11 is 0. The van der Waals surface area contributed by atoms with Crippen LogP contribution in [0.15, 0.2) is 24.3 Å². The van der Waals surface area contributed by atoms with E-state index in [9.17, 15) is 14.3 Å². The van der Waals surface area contributed by atoms with Gasteiger partial charge in [0.2, 0.25) is 0 Å². The van der Waals surface area contributed by atoms with E-state index in [4.69, 9.17) is 24.3 Å². The van der Waals surface area contributed by atoms with E-state index >= 15 is 0 Å². The van der Waals surface area contributed by atoms with E-state index in [0.717, 1.165) is 32.1 Å². The van der Waals surface area contributed by atoms with Gasteiger partial charge in [0.15, 0.2) is 0 Å². The first-order valence-electron chi connectivity index (χ1n) is 21.3. The highest BCUT2D eigenvalue weighted by atomic mass is 31.2. The topological polar surface area (TPSA) is 117 Å². The number of carbonyl (C=O) groups excluding carboxylic acids is 1. The fourth-order valence-corrected chi connectivity index (χ4v) is 6.69. The van der Waals surface area contributed by atoms with Gasteiger partial charge in [0.05, 0.1) is 19.8 Å². The summed E-state index contributed by atoms with van der Waals surface area (Å²) in [5.74, 6) is -0.336. The second kappa shape index (κ2) is 40.2. The van der Waals surface area contributed by atoms with Crippen molar-refractivity contribution in [3.8, 4) is 0 Å². The Morgan fingerprint density at radius 2 is 0.980 bits per heavy atom. The summed E-state index contributed by atoms with van der Waals surface area (Å²) in [6.07, 6.45) is 43.3. The van der Waals surface area contributed by atoms with Crippen LogP contribution >= 0.6 is 7.82 Å². The Balaban J connectivity index is 4.03. The molecule has 0 aliphatic heterocycles. The van der Waals surface area contributed by atoms with Crippen LogP contribution < -0.4 is 5.73 Å². The zero-order valence-corrected chi connectivity index (χ0v) is 34.2. The van der Waals surface area contributed by atoms with E-state index in [2.05, 4.69) is 38.2 Å². The van der Waals surface area contributed by atoms with Crippen LogP contribution in [0.5, 0.6) is 0 Å². The van der Waals surface area contributed by atoms with Gasteiger partial charge >= 0.3 is 13.8 Å². The first kappa shape index (κ1) is 50.0. The molecule has 0 bridgehead atoms. The minimum atomic E-state index is -4.27. The highest BCUT2D eigenvalue weighted by molar-refractivity contribution is 7.47. The Kier molecular flexibility index (Phi) is 39.4. The highest BCUT2D eigenvalue weighted by Gasteiger charge is 2.25. The lowest BCUT2D eigenvalue weighted by molar-refractivity contribution is -0.154. The van der Waals surface area contributed by atoms with Crippen LogP contribution in [0, 0.1) is 0 Å². The lowest BCUT2D eigenvalue weighted by Gasteiger charge is -2.20. The largest absolute Gasteiger partial charge is 0.472 e. The van der Waals surface area contributed by atoms with E-state index in [-0.39, 0.29) is 32.3 Å². The zero-order valence-electron chi connectivity index (χ0n) is 33.3. The second-order valence-electron chi connectivity index (χ2n) is 14.2. The third-order valence-corrected chi connectivity index (χ3v) is 10.1. The van der Waals surface area contributed by atoms with Crippen LogP contribution in [0.4, 0.5) is 0 Å². The average Bonchev–Trinajstić information content (AvgIpc) is 3.12. The minimum Gasteiger partial charge on any atom is -0.457 e. The molecular weight excluding hydrogens is 661 g/mol. The molecule has 0 radical (unpaired) electrons. The summed E-state index contributed by atoms with van der Waals surface area (Å²) in [4.78, 5) is 22.5. The maximum atomic E-state index is 12.6. The summed E-state index contributed by atoms with van der Waals surface area (Å²) < 4.78 is 33.4. The van der Waals surface area contributed by atoms with Crippen molar-refractivity contribution >= 4 is 13.8 Å². The first-order chi connectivity index (χ1) is 24.9. The maximum Gasteiger partial charge on any atom is 0.472 e. The van der Waals surface area contributed by atoms with E-state index < -0.39 is 13.9 Å². The Hall–Kier alpha value is -1.02. The molecule has 302 valence electrons. The summed E-state index contributed by atoms with van der Waals surface area (Å²) in [6, 6.07) is 0. The fourth-order valence-electron chi connectivity index (χ4n) is 5.93. The molecule has 0 saturated heterocycles. The molecule has 0 aliphatic rings. The summed E-state index contributed by atoms with van der Waals surface area (Å²) in [7, 11) is -4.27. The number of phosphoric acid groups is 1. The van der Waals surface area contributed by atoms with E-state index in [1.54, 1.807) is 0 Å². The lowest BCUT2D eigenvalue weighted by Crippen LogP contribution is -2.28. The predicted molar refractivity (Wildman–Crippen MR) is 215 cm³/mol. The van der Waals surface area contributed by atoms with Gasteiger partial charge in [-0.3, -0.25) is 13.8 Å². The molecule has 0 rings (SSSR count). The van der Waals surface area contributed by atoms with Crippen molar-refractivity contribution in [2.24, 2.45) is 5.73 Å². The summed E-state index contributed by atoms with van der Waals surface area (Å²) in [5.41, 5.74) is 5.36. The molecule has 0 heterocycles. The number of rotatable bonds is 41. The monoisotopic (exact) mass is 744 g/mol. The number of nitrogens with two attached hydrogens (primary N) is 1. The normalized spacial score (nSPS) is 13.7. The number of unbranched alkanes of at least 4 members (excludes halogenated alkanes) is 24. The van der Waals surface area contributed by atoms with Gasteiger partial charge in [-0.15, -0.1) is 0 Å². The molecule has 8 nitrogen and oxygen atoms in total. The molecule has 0 aliphatic carbocycles. The van der Waals surface area contributed by atoms with Gasteiger partial charge < -0.3 is 20.1 Å². The van der Waals surface area contributed by atoms with E-state index in [1.165, 1.54) is 148 Å². The van der Waals surface area contributed by atoms with Crippen molar-refractivity contribution < 1.29 is 32.8 Å². The SMILES string of the molecule is CCCCCC/C=C\CCCCCCCCOCC(COP(=O)(O)OCCN)OC(=O)CCCCCCCCC/C=C\CCCCCCCCC. The third kappa shape index (κ3) is 40.0. The van der Waals surface area contributed by atoms with Gasteiger partial charge in [-0.05, 0) is 64.2 Å². The number of ether oxygens (including phenoxy) is 2. The second-order valence-corrected chi connectivity index (χ2v) is 15.7. The molecule has 9 heteroatoms. The number of esters is 1. The van der Waals surface area contributed by atoms with Crippen molar-refractivity contribution in [3.05, 3.63) is 24.3 Å². The van der Waals surface area contributed by atoms with Gasteiger partial charge in [0.25, 0.3) is 0 Å². The molecule has 0 amide bonds. The quantitative estimate of drug-likeness (QED) is 0.0275. The molecule has 0 fully saturated rings. The van der Waals surface area contributed by atoms with Crippen LogP contribution in [0.3, 0.4) is 0 Å². The maximum absolute atomic E-state index is 12.6. The Bertz CT molecular complexity index is 838. The third-order valence-electron chi connectivity index (χ3n) is 9.09. The number of hydrogen-bond donors (Lipinski definition) is 2. The number of allylic oxidation sites excluding steroid dienone is 4. The summed E-state index contributed by atoms with van der Waals surface area (Å²) in [6.45, 7) is 4.91. The lowest BCUT2D eigenvalue weighted by atomic mass is 10.1. The number of hydrogen-bond acceptors (Lipinski definition) is 7. The highest BCUT2D eigenvalue weighted by Crippen LogP contribution is 2.43. The Morgan fingerprint density at radius 1 is 0.569 bits per heavy atom. The van der Waals surface area contributed by atoms with Crippen LogP contribution in [0.1, 0.15) is 200 Å². The van der Waals surface area contributed by atoms with Crippen molar-refractivity contribution in [1.29, 1.82) is 0 Å². The molecule has 2 atom stereocenters. The van der Waals surface area contributed by atoms with E-state index in [1.807, 2.05) is 0 Å². The average molecular weight is 744 g/mol. The fraction of sp³-hybridized carbons (Fsp3) is 0.881. The zero-order chi connectivity index (χ0) is 37.4.